The van der Waals surface area contributed by atoms with Crippen molar-refractivity contribution < 1.29 is 9.53 Å². The van der Waals surface area contributed by atoms with Crippen LogP contribution in [0.2, 0.25) is 0 Å². The zero-order chi connectivity index (χ0) is 13.8. The topological polar surface area (TPSA) is 81.6 Å². The van der Waals surface area contributed by atoms with Crippen LogP contribution in [0, 0.1) is 6.92 Å². The van der Waals surface area contributed by atoms with Crippen LogP contribution in [0.15, 0.2) is 24.3 Å². The van der Waals surface area contributed by atoms with Gasteiger partial charge in [-0.15, -0.1) is 0 Å². The molecule has 1 aromatic carbocycles. The Morgan fingerprint density at radius 3 is 2.74 bits per heavy atom. The number of nitrogens with zero attached hydrogens (tertiary/aromatic N) is 1. The van der Waals surface area contributed by atoms with Crippen LogP contribution in [-0.2, 0) is 9.53 Å². The monoisotopic (exact) mass is 263 g/mol. The molecule has 1 amide bonds. The van der Waals surface area contributed by atoms with E-state index in [4.69, 9.17) is 16.2 Å². The number of benzene rings is 1. The molecule has 0 aliphatic carbocycles. The van der Waals surface area contributed by atoms with E-state index in [1.54, 1.807) is 0 Å². The van der Waals surface area contributed by atoms with E-state index in [0.717, 1.165) is 5.56 Å². The third kappa shape index (κ3) is 3.12. The van der Waals surface area contributed by atoms with Crippen LogP contribution < -0.4 is 11.5 Å². The summed E-state index contributed by atoms with van der Waals surface area (Å²) in [5.41, 5.74) is 13.7. The zero-order valence-corrected chi connectivity index (χ0v) is 11.2. The third-order valence-corrected chi connectivity index (χ3v) is 3.58. The minimum atomic E-state index is -0.399. The fraction of sp³-hybridized carbons (Fsp3) is 0.500. The van der Waals surface area contributed by atoms with Crippen LogP contribution in [0.1, 0.15) is 17.2 Å². The first kappa shape index (κ1) is 14.0. The first-order valence-corrected chi connectivity index (χ1v) is 6.53. The van der Waals surface area contributed by atoms with Gasteiger partial charge < -0.3 is 16.2 Å². The van der Waals surface area contributed by atoms with Crippen molar-refractivity contribution in [2.75, 3.05) is 26.3 Å². The van der Waals surface area contributed by atoms with Crippen molar-refractivity contribution in [2.45, 2.75) is 19.0 Å². The number of rotatable bonds is 4. The first-order chi connectivity index (χ1) is 9.13. The van der Waals surface area contributed by atoms with Gasteiger partial charge in [-0.1, -0.05) is 29.8 Å². The molecular formula is C14H21N3O2. The average Bonchev–Trinajstić information content (AvgIpc) is 2.42. The van der Waals surface area contributed by atoms with E-state index >= 15 is 0 Å². The maximum absolute atomic E-state index is 11.5. The Bertz CT molecular complexity index is 433. The van der Waals surface area contributed by atoms with E-state index in [0.29, 0.717) is 26.3 Å². The number of aryl methyl sites for hydroxylation is 1. The highest BCUT2D eigenvalue weighted by atomic mass is 16.5. The van der Waals surface area contributed by atoms with E-state index < -0.39 is 6.04 Å². The van der Waals surface area contributed by atoms with Crippen LogP contribution in [0.4, 0.5) is 0 Å². The number of amides is 1. The highest BCUT2D eigenvalue weighted by molar-refractivity contribution is 5.80. The quantitative estimate of drug-likeness (QED) is 0.812. The van der Waals surface area contributed by atoms with Crippen molar-refractivity contribution in [3.8, 4) is 0 Å². The van der Waals surface area contributed by atoms with Gasteiger partial charge in [-0.2, -0.15) is 0 Å². The Balaban J connectivity index is 2.24. The summed E-state index contributed by atoms with van der Waals surface area (Å²) >= 11 is 0. The van der Waals surface area contributed by atoms with Crippen molar-refractivity contribution in [1.29, 1.82) is 0 Å². The van der Waals surface area contributed by atoms with Crippen LogP contribution in [0.3, 0.4) is 0 Å². The lowest BCUT2D eigenvalue weighted by atomic mass is 10.0. The summed E-state index contributed by atoms with van der Waals surface area (Å²) in [7, 11) is 0. The fourth-order valence-corrected chi connectivity index (χ4v) is 2.49. The van der Waals surface area contributed by atoms with Gasteiger partial charge in [0.15, 0.2) is 0 Å². The maximum atomic E-state index is 11.5. The number of hydrogen-bond acceptors (Lipinski definition) is 4. The number of carbonyl (C=O) groups is 1. The number of primary amides is 1. The lowest BCUT2D eigenvalue weighted by Gasteiger charge is -2.39. The summed E-state index contributed by atoms with van der Waals surface area (Å²) in [6, 6.07) is 7.82. The molecule has 4 N–H and O–H groups in total. The van der Waals surface area contributed by atoms with E-state index in [9.17, 15) is 4.79 Å². The lowest BCUT2D eigenvalue weighted by Crippen LogP contribution is -2.54. The minimum Gasteiger partial charge on any atom is -0.378 e. The molecule has 1 heterocycles. The van der Waals surface area contributed by atoms with Crippen molar-refractivity contribution in [3.05, 3.63) is 35.4 Å². The van der Waals surface area contributed by atoms with Gasteiger partial charge in [0, 0.05) is 19.1 Å². The van der Waals surface area contributed by atoms with E-state index in [-0.39, 0.29) is 11.9 Å². The molecule has 1 fully saturated rings. The van der Waals surface area contributed by atoms with Gasteiger partial charge in [0.05, 0.1) is 13.2 Å². The highest BCUT2D eigenvalue weighted by Gasteiger charge is 2.33. The molecule has 1 aliphatic rings. The summed E-state index contributed by atoms with van der Waals surface area (Å²) in [4.78, 5) is 13.6. The van der Waals surface area contributed by atoms with Gasteiger partial charge in [0.2, 0.25) is 5.91 Å². The van der Waals surface area contributed by atoms with Crippen molar-refractivity contribution in [1.82, 2.24) is 4.90 Å². The Kier molecular flexibility index (Phi) is 4.52. The predicted octanol–water partition coefficient (Wildman–Crippen LogP) is 0.181. The Morgan fingerprint density at radius 2 is 2.16 bits per heavy atom. The summed E-state index contributed by atoms with van der Waals surface area (Å²) in [6.45, 7) is 4.11. The number of nitrogens with two attached hydrogens (primary N) is 2. The zero-order valence-electron chi connectivity index (χ0n) is 11.2. The molecule has 1 saturated heterocycles. The molecule has 1 aliphatic heterocycles. The van der Waals surface area contributed by atoms with Crippen LogP contribution in [0.5, 0.6) is 0 Å². The van der Waals surface area contributed by atoms with Gasteiger partial charge in [-0.3, -0.25) is 9.69 Å². The van der Waals surface area contributed by atoms with E-state index in [1.165, 1.54) is 5.56 Å². The molecule has 104 valence electrons. The Labute approximate surface area is 113 Å². The molecular weight excluding hydrogens is 242 g/mol. The van der Waals surface area contributed by atoms with Crippen LogP contribution in [0.25, 0.3) is 0 Å². The minimum absolute atomic E-state index is 0.00185. The summed E-state index contributed by atoms with van der Waals surface area (Å²) < 4.78 is 5.34. The second kappa shape index (κ2) is 6.14. The SMILES string of the molecule is Cc1ccc(C(CN)N2CCOCC2C(N)=O)cc1. The van der Waals surface area contributed by atoms with Crippen molar-refractivity contribution >= 4 is 5.91 Å². The Hall–Kier alpha value is -1.43. The largest absolute Gasteiger partial charge is 0.378 e. The molecule has 0 radical (unpaired) electrons. The maximum Gasteiger partial charge on any atom is 0.237 e. The molecule has 5 heteroatoms. The van der Waals surface area contributed by atoms with Crippen molar-refractivity contribution in [3.63, 3.8) is 0 Å². The van der Waals surface area contributed by atoms with Gasteiger partial charge in [-0.25, -0.2) is 0 Å². The van der Waals surface area contributed by atoms with E-state index in [2.05, 4.69) is 29.2 Å². The van der Waals surface area contributed by atoms with Crippen molar-refractivity contribution in [2.24, 2.45) is 11.5 Å². The lowest BCUT2D eigenvalue weighted by molar-refractivity contribution is -0.131. The summed E-state index contributed by atoms with van der Waals surface area (Å²) in [6.07, 6.45) is 0. The smallest absolute Gasteiger partial charge is 0.237 e. The molecule has 1 aromatic rings. The molecule has 0 spiro atoms. The second-order valence-corrected chi connectivity index (χ2v) is 4.89. The fourth-order valence-electron chi connectivity index (χ4n) is 2.49. The molecule has 5 nitrogen and oxygen atoms in total. The van der Waals surface area contributed by atoms with Gasteiger partial charge in [0.1, 0.15) is 6.04 Å². The number of morpholine rings is 1. The molecule has 0 saturated carbocycles. The van der Waals surface area contributed by atoms with E-state index in [1.807, 2.05) is 6.92 Å². The molecule has 2 unspecified atom stereocenters. The standard InChI is InChI=1S/C14H21N3O2/c1-10-2-4-11(5-3-10)12(8-15)17-6-7-19-9-13(17)14(16)18/h2-5,12-13H,6-9,15H2,1H3,(H2,16,18). The van der Waals surface area contributed by atoms with Gasteiger partial charge >= 0.3 is 0 Å². The van der Waals surface area contributed by atoms with Gasteiger partial charge in [0.25, 0.3) is 0 Å². The molecule has 2 atom stereocenters. The van der Waals surface area contributed by atoms with Gasteiger partial charge in [-0.05, 0) is 12.5 Å². The first-order valence-electron chi connectivity index (χ1n) is 6.53. The van der Waals surface area contributed by atoms with Crippen LogP contribution >= 0.6 is 0 Å². The number of carbonyl (C=O) groups excluding carboxylic acids is 1. The third-order valence-electron chi connectivity index (χ3n) is 3.58. The average molecular weight is 263 g/mol. The Morgan fingerprint density at radius 1 is 1.47 bits per heavy atom. The molecule has 0 bridgehead atoms. The summed E-state index contributed by atoms with van der Waals surface area (Å²) in [5, 5.41) is 0. The normalized spacial score (nSPS) is 22.1. The predicted molar refractivity (Wildman–Crippen MR) is 73.5 cm³/mol. The molecule has 0 aromatic heterocycles. The van der Waals surface area contributed by atoms with Crippen LogP contribution in [-0.4, -0.2) is 43.2 Å². The molecule has 2 rings (SSSR count). The summed E-state index contributed by atoms with van der Waals surface area (Å²) in [5.74, 6) is -0.356. The number of hydrogen-bond donors (Lipinski definition) is 2. The second-order valence-electron chi connectivity index (χ2n) is 4.89. The highest BCUT2D eigenvalue weighted by Crippen LogP contribution is 2.24. The molecule has 19 heavy (non-hydrogen) atoms. The number of ether oxygens (including phenoxy) is 1.